The third kappa shape index (κ3) is 4.31. The largest absolute Gasteiger partial charge is 0.489 e. The summed E-state index contributed by atoms with van der Waals surface area (Å²) in [7, 11) is 0. The number of ether oxygens (including phenoxy) is 1. The minimum atomic E-state index is -0.385. The number of hydrogen-bond acceptors (Lipinski definition) is 2. The Labute approximate surface area is 154 Å². The van der Waals surface area contributed by atoms with Crippen LogP contribution in [0.15, 0.2) is 84.9 Å². The van der Waals surface area contributed by atoms with Gasteiger partial charge in [0.1, 0.15) is 5.75 Å². The van der Waals surface area contributed by atoms with Crippen LogP contribution in [0.3, 0.4) is 0 Å². The first-order valence-electron chi connectivity index (χ1n) is 8.81. The summed E-state index contributed by atoms with van der Waals surface area (Å²) >= 11 is 0. The van der Waals surface area contributed by atoms with Gasteiger partial charge >= 0.3 is 0 Å². The van der Waals surface area contributed by atoms with Gasteiger partial charge in [0.2, 0.25) is 5.91 Å². The van der Waals surface area contributed by atoms with Crippen LogP contribution in [0.25, 0.3) is 0 Å². The van der Waals surface area contributed by atoms with E-state index in [2.05, 4.69) is 5.32 Å². The van der Waals surface area contributed by atoms with Crippen molar-refractivity contribution in [3.05, 3.63) is 96.1 Å². The van der Waals surface area contributed by atoms with Crippen LogP contribution < -0.4 is 10.1 Å². The zero-order valence-corrected chi connectivity index (χ0v) is 15.1. The molecule has 1 amide bonds. The minimum Gasteiger partial charge on any atom is -0.489 e. The van der Waals surface area contributed by atoms with Crippen molar-refractivity contribution >= 4 is 11.6 Å². The fourth-order valence-corrected chi connectivity index (χ4v) is 2.92. The molecule has 0 radical (unpaired) electrons. The Kier molecular flexibility index (Phi) is 5.69. The number of para-hydroxylation sites is 2. The summed E-state index contributed by atoms with van der Waals surface area (Å²) in [6.07, 6.45) is 0.0343. The summed E-state index contributed by atoms with van der Waals surface area (Å²) in [6, 6.07) is 27.2. The first-order valence-corrected chi connectivity index (χ1v) is 8.81. The predicted molar refractivity (Wildman–Crippen MR) is 106 cm³/mol. The Hall–Kier alpha value is -3.07. The molecule has 3 aromatic rings. The molecule has 3 rings (SSSR count). The summed E-state index contributed by atoms with van der Waals surface area (Å²) in [5.41, 5.74) is 2.60. The summed E-state index contributed by atoms with van der Waals surface area (Å²) in [5.74, 6) is 0.211. The molecule has 0 saturated heterocycles. The van der Waals surface area contributed by atoms with E-state index in [0.717, 1.165) is 11.1 Å². The van der Waals surface area contributed by atoms with Gasteiger partial charge in [0.05, 0.1) is 17.7 Å². The summed E-state index contributed by atoms with van der Waals surface area (Å²) in [6.45, 7) is 3.94. The zero-order valence-electron chi connectivity index (χ0n) is 15.1. The minimum absolute atomic E-state index is 0.0343. The molecule has 132 valence electrons. The van der Waals surface area contributed by atoms with E-state index in [0.29, 0.717) is 11.4 Å². The van der Waals surface area contributed by atoms with E-state index in [1.54, 1.807) is 0 Å². The van der Waals surface area contributed by atoms with Gasteiger partial charge in [-0.15, -0.1) is 0 Å². The van der Waals surface area contributed by atoms with E-state index in [-0.39, 0.29) is 17.9 Å². The van der Waals surface area contributed by atoms with Crippen LogP contribution >= 0.6 is 0 Å². The molecular formula is C23H23NO2. The molecule has 0 spiro atoms. The molecule has 0 aliphatic rings. The number of hydrogen-bond donors (Lipinski definition) is 1. The van der Waals surface area contributed by atoms with Crippen molar-refractivity contribution in [1.82, 2.24) is 0 Å². The number of benzene rings is 3. The van der Waals surface area contributed by atoms with Gasteiger partial charge in [-0.05, 0) is 37.1 Å². The maximum atomic E-state index is 13.2. The lowest BCUT2D eigenvalue weighted by Crippen LogP contribution is -2.23. The topological polar surface area (TPSA) is 38.3 Å². The molecular weight excluding hydrogens is 322 g/mol. The third-order valence-electron chi connectivity index (χ3n) is 4.04. The molecule has 0 heterocycles. The number of carbonyl (C=O) groups is 1. The Bertz CT molecular complexity index is 805. The van der Waals surface area contributed by atoms with Gasteiger partial charge in [-0.25, -0.2) is 0 Å². The van der Waals surface area contributed by atoms with E-state index in [1.807, 2.05) is 98.8 Å². The van der Waals surface area contributed by atoms with Crippen molar-refractivity contribution in [1.29, 1.82) is 0 Å². The van der Waals surface area contributed by atoms with Crippen LogP contribution in [0.5, 0.6) is 5.75 Å². The van der Waals surface area contributed by atoms with Crippen LogP contribution in [0.4, 0.5) is 5.69 Å². The Morgan fingerprint density at radius 1 is 0.769 bits per heavy atom. The van der Waals surface area contributed by atoms with Crippen molar-refractivity contribution in [3.8, 4) is 5.75 Å². The molecule has 0 bridgehead atoms. The molecule has 0 aromatic heterocycles. The van der Waals surface area contributed by atoms with Gasteiger partial charge < -0.3 is 10.1 Å². The number of rotatable bonds is 6. The fraction of sp³-hybridized carbons (Fsp3) is 0.174. The highest BCUT2D eigenvalue weighted by molar-refractivity contribution is 5.99. The molecule has 0 saturated carbocycles. The van der Waals surface area contributed by atoms with Crippen molar-refractivity contribution in [2.45, 2.75) is 25.9 Å². The lowest BCUT2D eigenvalue weighted by Gasteiger charge is -2.20. The summed E-state index contributed by atoms with van der Waals surface area (Å²) in [5, 5.41) is 3.05. The molecule has 0 aliphatic carbocycles. The zero-order chi connectivity index (χ0) is 18.4. The Morgan fingerprint density at radius 3 is 1.81 bits per heavy atom. The van der Waals surface area contributed by atoms with Gasteiger partial charge in [0.25, 0.3) is 0 Å². The van der Waals surface area contributed by atoms with Crippen molar-refractivity contribution in [2.75, 3.05) is 5.32 Å². The first-order chi connectivity index (χ1) is 12.6. The highest BCUT2D eigenvalue weighted by atomic mass is 16.5. The molecule has 0 aliphatic heterocycles. The van der Waals surface area contributed by atoms with Gasteiger partial charge in [0.15, 0.2) is 0 Å². The standard InChI is InChI=1S/C23H23NO2/c1-17(2)26-21-16-10-9-15-20(21)24-23(25)22(18-11-5-3-6-12-18)19-13-7-4-8-14-19/h3-17,22H,1-2H3,(H,24,25). The van der Waals surface area contributed by atoms with Crippen molar-refractivity contribution in [3.63, 3.8) is 0 Å². The third-order valence-corrected chi connectivity index (χ3v) is 4.04. The van der Waals surface area contributed by atoms with Crippen LogP contribution in [0, 0.1) is 0 Å². The fourth-order valence-electron chi connectivity index (χ4n) is 2.92. The molecule has 1 N–H and O–H groups in total. The monoisotopic (exact) mass is 345 g/mol. The quantitative estimate of drug-likeness (QED) is 0.663. The molecule has 3 nitrogen and oxygen atoms in total. The lowest BCUT2D eigenvalue weighted by atomic mass is 9.90. The van der Waals surface area contributed by atoms with E-state index in [1.165, 1.54) is 0 Å². The first kappa shape index (κ1) is 17.7. The normalized spacial score (nSPS) is 10.8. The average molecular weight is 345 g/mol. The number of amides is 1. The van der Waals surface area contributed by atoms with E-state index in [4.69, 9.17) is 4.74 Å². The average Bonchev–Trinajstić information content (AvgIpc) is 2.65. The van der Waals surface area contributed by atoms with Crippen LogP contribution in [0.1, 0.15) is 30.9 Å². The molecule has 0 unspecified atom stereocenters. The predicted octanol–water partition coefficient (Wildman–Crippen LogP) is 5.24. The van der Waals surface area contributed by atoms with Gasteiger partial charge in [-0.2, -0.15) is 0 Å². The smallest absolute Gasteiger partial charge is 0.236 e. The second-order valence-corrected chi connectivity index (χ2v) is 6.41. The van der Waals surface area contributed by atoms with Crippen LogP contribution in [-0.2, 0) is 4.79 Å². The van der Waals surface area contributed by atoms with Crippen LogP contribution in [0.2, 0.25) is 0 Å². The lowest BCUT2D eigenvalue weighted by molar-refractivity contribution is -0.116. The number of carbonyl (C=O) groups excluding carboxylic acids is 1. The summed E-state index contributed by atoms with van der Waals surface area (Å²) in [4.78, 5) is 13.2. The SMILES string of the molecule is CC(C)Oc1ccccc1NC(=O)C(c1ccccc1)c1ccccc1. The van der Waals surface area contributed by atoms with Gasteiger partial charge in [-0.1, -0.05) is 72.8 Å². The summed E-state index contributed by atoms with van der Waals surface area (Å²) < 4.78 is 5.82. The van der Waals surface area contributed by atoms with E-state index >= 15 is 0 Å². The number of nitrogens with one attached hydrogen (secondary N) is 1. The second-order valence-electron chi connectivity index (χ2n) is 6.41. The Balaban J connectivity index is 1.92. The molecule has 3 aromatic carbocycles. The molecule has 3 heteroatoms. The van der Waals surface area contributed by atoms with Gasteiger partial charge in [0, 0.05) is 0 Å². The van der Waals surface area contributed by atoms with E-state index < -0.39 is 0 Å². The van der Waals surface area contributed by atoms with Crippen LogP contribution in [-0.4, -0.2) is 12.0 Å². The van der Waals surface area contributed by atoms with Gasteiger partial charge in [-0.3, -0.25) is 4.79 Å². The maximum Gasteiger partial charge on any atom is 0.236 e. The number of anilines is 1. The molecule has 0 fully saturated rings. The van der Waals surface area contributed by atoms with E-state index in [9.17, 15) is 4.79 Å². The molecule has 0 atom stereocenters. The Morgan fingerprint density at radius 2 is 1.27 bits per heavy atom. The van der Waals surface area contributed by atoms with Crippen molar-refractivity contribution in [2.24, 2.45) is 0 Å². The second kappa shape index (κ2) is 8.34. The highest BCUT2D eigenvalue weighted by Gasteiger charge is 2.23. The molecule has 26 heavy (non-hydrogen) atoms. The highest BCUT2D eigenvalue weighted by Crippen LogP contribution is 2.30. The van der Waals surface area contributed by atoms with Crippen molar-refractivity contribution < 1.29 is 9.53 Å². The maximum absolute atomic E-state index is 13.2.